The second-order valence-electron chi connectivity index (χ2n) is 3.84. The number of aliphatic hydroxyl groups excluding tert-OH is 1. The van der Waals surface area contributed by atoms with Gasteiger partial charge in [-0.2, -0.15) is 5.10 Å². The molecule has 0 saturated heterocycles. The Morgan fingerprint density at radius 2 is 2.29 bits per heavy atom. The van der Waals surface area contributed by atoms with Crippen molar-refractivity contribution in [1.29, 1.82) is 0 Å². The highest BCUT2D eigenvalue weighted by molar-refractivity contribution is 7.89. The van der Waals surface area contributed by atoms with Crippen LogP contribution in [-0.4, -0.2) is 36.0 Å². The SMILES string of the molecule is CCCn1cc(S(=O)(=O)NCC(C)O)c(N)n1. The fourth-order valence-corrected chi connectivity index (χ4v) is 2.47. The Balaban J connectivity index is 2.90. The third-order valence-electron chi connectivity index (χ3n) is 2.07. The number of nitrogens with one attached hydrogen (secondary N) is 1. The molecule has 0 aliphatic heterocycles. The molecule has 0 amide bonds. The van der Waals surface area contributed by atoms with Crippen molar-refractivity contribution in [3.8, 4) is 0 Å². The minimum atomic E-state index is -3.70. The zero-order valence-corrected chi connectivity index (χ0v) is 10.7. The maximum Gasteiger partial charge on any atom is 0.245 e. The van der Waals surface area contributed by atoms with Crippen molar-refractivity contribution in [3.05, 3.63) is 6.20 Å². The Morgan fingerprint density at radius 3 is 2.82 bits per heavy atom. The molecule has 1 heterocycles. The second kappa shape index (κ2) is 5.48. The van der Waals surface area contributed by atoms with E-state index in [1.54, 1.807) is 0 Å². The molecule has 0 aliphatic rings. The molecule has 0 saturated carbocycles. The fourth-order valence-electron chi connectivity index (χ4n) is 1.28. The van der Waals surface area contributed by atoms with Gasteiger partial charge in [0.05, 0.1) is 6.10 Å². The van der Waals surface area contributed by atoms with Crippen LogP contribution in [0, 0.1) is 0 Å². The Bertz CT molecular complexity index is 467. The number of nitrogens with zero attached hydrogens (tertiary/aromatic N) is 2. The Labute approximate surface area is 101 Å². The molecule has 1 atom stereocenters. The van der Waals surface area contributed by atoms with Crippen molar-refractivity contribution in [2.24, 2.45) is 0 Å². The molecular weight excluding hydrogens is 244 g/mol. The van der Waals surface area contributed by atoms with Crippen molar-refractivity contribution < 1.29 is 13.5 Å². The third-order valence-corrected chi connectivity index (χ3v) is 3.51. The first kappa shape index (κ1) is 13.9. The topological polar surface area (TPSA) is 110 Å². The largest absolute Gasteiger partial charge is 0.392 e. The van der Waals surface area contributed by atoms with E-state index in [0.29, 0.717) is 6.54 Å². The van der Waals surface area contributed by atoms with Crippen LogP contribution in [-0.2, 0) is 16.6 Å². The predicted octanol–water partition coefficient (Wildman–Crippen LogP) is -0.466. The lowest BCUT2D eigenvalue weighted by molar-refractivity contribution is 0.198. The van der Waals surface area contributed by atoms with Crippen molar-refractivity contribution in [2.45, 2.75) is 37.8 Å². The number of rotatable bonds is 6. The normalized spacial score (nSPS) is 13.8. The monoisotopic (exact) mass is 262 g/mol. The number of nitrogens with two attached hydrogens (primary N) is 1. The van der Waals surface area contributed by atoms with E-state index in [9.17, 15) is 8.42 Å². The van der Waals surface area contributed by atoms with Gasteiger partial charge >= 0.3 is 0 Å². The van der Waals surface area contributed by atoms with Crippen LogP contribution in [0.2, 0.25) is 0 Å². The second-order valence-corrected chi connectivity index (χ2v) is 5.58. The first-order valence-corrected chi connectivity index (χ1v) is 6.85. The molecule has 0 spiro atoms. The maximum atomic E-state index is 11.8. The number of sulfonamides is 1. The molecule has 1 unspecified atom stereocenters. The van der Waals surface area contributed by atoms with Gasteiger partial charge in [0, 0.05) is 19.3 Å². The zero-order chi connectivity index (χ0) is 13.1. The Morgan fingerprint density at radius 1 is 1.65 bits per heavy atom. The molecule has 0 bridgehead atoms. The van der Waals surface area contributed by atoms with Crippen LogP contribution in [0.3, 0.4) is 0 Å². The smallest absolute Gasteiger partial charge is 0.245 e. The quantitative estimate of drug-likeness (QED) is 0.642. The van der Waals surface area contributed by atoms with Crippen LogP contribution in [0.1, 0.15) is 20.3 Å². The molecule has 0 radical (unpaired) electrons. The van der Waals surface area contributed by atoms with E-state index in [1.807, 2.05) is 6.92 Å². The van der Waals surface area contributed by atoms with Crippen LogP contribution in [0.25, 0.3) is 0 Å². The summed E-state index contributed by atoms with van der Waals surface area (Å²) in [7, 11) is -3.70. The molecule has 0 fully saturated rings. The standard InChI is InChI=1S/C9H18N4O3S/c1-3-4-13-6-8(9(10)12-13)17(15,16)11-5-7(2)14/h6-7,11,14H,3-5H2,1-2H3,(H2,10,12). The van der Waals surface area contributed by atoms with Crippen molar-refractivity contribution in [3.63, 3.8) is 0 Å². The van der Waals surface area contributed by atoms with Crippen LogP contribution < -0.4 is 10.5 Å². The van der Waals surface area contributed by atoms with E-state index in [2.05, 4.69) is 9.82 Å². The number of hydrogen-bond donors (Lipinski definition) is 3. The maximum absolute atomic E-state index is 11.8. The molecule has 98 valence electrons. The lowest BCUT2D eigenvalue weighted by atomic mass is 10.4. The number of aromatic nitrogens is 2. The molecule has 1 aromatic heterocycles. The summed E-state index contributed by atoms with van der Waals surface area (Å²) >= 11 is 0. The predicted molar refractivity (Wildman–Crippen MR) is 63.8 cm³/mol. The van der Waals surface area contributed by atoms with Crippen molar-refractivity contribution in [2.75, 3.05) is 12.3 Å². The number of anilines is 1. The zero-order valence-electron chi connectivity index (χ0n) is 9.92. The van der Waals surface area contributed by atoms with Crippen LogP contribution in [0.15, 0.2) is 11.1 Å². The van der Waals surface area contributed by atoms with E-state index in [0.717, 1.165) is 6.42 Å². The van der Waals surface area contributed by atoms with Gasteiger partial charge in [-0.15, -0.1) is 0 Å². The van der Waals surface area contributed by atoms with Crippen molar-refractivity contribution in [1.82, 2.24) is 14.5 Å². The third kappa shape index (κ3) is 3.69. The van der Waals surface area contributed by atoms with Crippen LogP contribution in [0.5, 0.6) is 0 Å². The van der Waals surface area contributed by atoms with Gasteiger partial charge in [-0.1, -0.05) is 6.92 Å². The van der Waals surface area contributed by atoms with Crippen molar-refractivity contribution >= 4 is 15.8 Å². The molecule has 17 heavy (non-hydrogen) atoms. The molecular formula is C9H18N4O3S. The van der Waals surface area contributed by atoms with Gasteiger partial charge in [0.15, 0.2) is 5.82 Å². The highest BCUT2D eigenvalue weighted by Crippen LogP contribution is 2.15. The van der Waals surface area contributed by atoms with E-state index in [1.165, 1.54) is 17.8 Å². The Hall–Kier alpha value is -1.12. The Kier molecular flexibility index (Phi) is 4.49. The summed E-state index contributed by atoms with van der Waals surface area (Å²) in [5.41, 5.74) is 5.55. The summed E-state index contributed by atoms with van der Waals surface area (Å²) < 4.78 is 27.4. The molecule has 8 heteroatoms. The molecule has 1 rings (SSSR count). The summed E-state index contributed by atoms with van der Waals surface area (Å²) in [6.45, 7) is 4.00. The number of hydrogen-bond acceptors (Lipinski definition) is 5. The van der Waals surface area contributed by atoms with E-state index >= 15 is 0 Å². The van der Waals surface area contributed by atoms with Gasteiger partial charge in [-0.05, 0) is 13.3 Å². The molecule has 4 N–H and O–H groups in total. The van der Waals surface area contributed by atoms with Gasteiger partial charge in [0.2, 0.25) is 10.0 Å². The summed E-state index contributed by atoms with van der Waals surface area (Å²) in [6, 6.07) is 0. The van der Waals surface area contributed by atoms with Crippen LogP contribution in [0.4, 0.5) is 5.82 Å². The van der Waals surface area contributed by atoms with Crippen LogP contribution >= 0.6 is 0 Å². The van der Waals surface area contributed by atoms with Gasteiger partial charge in [0.1, 0.15) is 4.90 Å². The molecule has 0 aromatic carbocycles. The lowest BCUT2D eigenvalue weighted by Gasteiger charge is -2.06. The van der Waals surface area contributed by atoms with Gasteiger partial charge in [-0.3, -0.25) is 4.68 Å². The average molecular weight is 262 g/mol. The highest BCUT2D eigenvalue weighted by atomic mass is 32.2. The highest BCUT2D eigenvalue weighted by Gasteiger charge is 2.21. The first-order valence-electron chi connectivity index (χ1n) is 5.37. The summed E-state index contributed by atoms with van der Waals surface area (Å²) in [6.07, 6.45) is 1.47. The lowest BCUT2D eigenvalue weighted by Crippen LogP contribution is -2.30. The number of aryl methyl sites for hydroxylation is 1. The molecule has 0 aliphatic carbocycles. The molecule has 7 nitrogen and oxygen atoms in total. The number of aliphatic hydroxyl groups is 1. The average Bonchev–Trinajstić information content (AvgIpc) is 2.58. The minimum absolute atomic E-state index is 0.0310. The summed E-state index contributed by atoms with van der Waals surface area (Å²) in [5, 5.41) is 12.9. The summed E-state index contributed by atoms with van der Waals surface area (Å²) in [4.78, 5) is -0.0494. The summed E-state index contributed by atoms with van der Waals surface area (Å²) in [5.74, 6) is -0.0310. The van der Waals surface area contributed by atoms with Gasteiger partial charge in [-0.25, -0.2) is 13.1 Å². The van der Waals surface area contributed by atoms with E-state index in [4.69, 9.17) is 10.8 Å². The van der Waals surface area contributed by atoms with Gasteiger partial charge < -0.3 is 10.8 Å². The fraction of sp³-hybridized carbons (Fsp3) is 0.667. The van der Waals surface area contributed by atoms with E-state index < -0.39 is 16.1 Å². The van der Waals surface area contributed by atoms with E-state index in [-0.39, 0.29) is 17.3 Å². The molecule has 1 aromatic rings. The first-order chi connectivity index (χ1) is 7.86. The minimum Gasteiger partial charge on any atom is -0.392 e. The number of nitrogen functional groups attached to an aromatic ring is 1. The van der Waals surface area contributed by atoms with Gasteiger partial charge in [0.25, 0.3) is 0 Å².